The molecule has 0 atom stereocenters. The first-order valence-electron chi connectivity index (χ1n) is 6.39. The average Bonchev–Trinajstić information content (AvgIpc) is 2.49. The maximum atomic E-state index is 12.4. The van der Waals surface area contributed by atoms with Crippen molar-refractivity contribution in [3.8, 4) is 5.75 Å². The highest BCUT2D eigenvalue weighted by Crippen LogP contribution is 2.24. The first kappa shape index (κ1) is 12.9. The summed E-state index contributed by atoms with van der Waals surface area (Å²) >= 11 is 0. The highest BCUT2D eigenvalue weighted by molar-refractivity contribution is 6.13. The van der Waals surface area contributed by atoms with Crippen molar-refractivity contribution >= 4 is 28.2 Å². The Balaban J connectivity index is 1.97. The molecule has 0 radical (unpaired) electrons. The average molecular weight is 279 g/mol. The van der Waals surface area contributed by atoms with Crippen LogP contribution in [-0.4, -0.2) is 16.0 Å². The molecule has 4 N–H and O–H groups in total. The molecule has 0 fully saturated rings. The van der Waals surface area contributed by atoms with Crippen molar-refractivity contribution in [1.29, 1.82) is 0 Å². The van der Waals surface area contributed by atoms with Gasteiger partial charge in [0.05, 0.1) is 22.5 Å². The van der Waals surface area contributed by atoms with Gasteiger partial charge in [-0.2, -0.15) is 0 Å². The lowest BCUT2D eigenvalue weighted by Gasteiger charge is -2.10. The summed E-state index contributed by atoms with van der Waals surface area (Å²) in [5.74, 6) is -0.217. The summed E-state index contributed by atoms with van der Waals surface area (Å²) in [5, 5.41) is 12.8. The molecule has 2 aromatic carbocycles. The SMILES string of the molecule is Nc1cc(O)ccc1NC(=O)c1ccnc2ccccc12. The molecule has 3 rings (SSSR count). The molecule has 0 spiro atoms. The minimum absolute atomic E-state index is 0.0554. The molecule has 5 heteroatoms. The van der Waals surface area contributed by atoms with Gasteiger partial charge in [0.25, 0.3) is 5.91 Å². The Bertz CT molecular complexity index is 825. The quantitative estimate of drug-likeness (QED) is 0.497. The number of phenols is 1. The number of anilines is 2. The van der Waals surface area contributed by atoms with Crippen LogP contribution in [-0.2, 0) is 0 Å². The number of nitrogens with zero attached hydrogens (tertiary/aromatic N) is 1. The monoisotopic (exact) mass is 279 g/mol. The van der Waals surface area contributed by atoms with E-state index in [1.54, 1.807) is 18.3 Å². The number of carbonyl (C=O) groups is 1. The molecule has 21 heavy (non-hydrogen) atoms. The second-order valence-electron chi connectivity index (χ2n) is 4.60. The van der Waals surface area contributed by atoms with Crippen molar-refractivity contribution in [1.82, 2.24) is 4.98 Å². The molecule has 1 heterocycles. The van der Waals surface area contributed by atoms with E-state index in [4.69, 9.17) is 5.73 Å². The summed E-state index contributed by atoms with van der Waals surface area (Å²) in [6.07, 6.45) is 1.59. The van der Waals surface area contributed by atoms with E-state index in [9.17, 15) is 9.90 Å². The molecule has 0 aliphatic carbocycles. The summed E-state index contributed by atoms with van der Waals surface area (Å²) in [6.45, 7) is 0. The van der Waals surface area contributed by atoms with Gasteiger partial charge in [0.15, 0.2) is 0 Å². The highest BCUT2D eigenvalue weighted by Gasteiger charge is 2.12. The van der Waals surface area contributed by atoms with E-state index >= 15 is 0 Å². The van der Waals surface area contributed by atoms with Crippen molar-refractivity contribution in [2.24, 2.45) is 0 Å². The molecule has 0 aliphatic rings. The molecule has 0 unspecified atom stereocenters. The Morgan fingerprint density at radius 2 is 1.95 bits per heavy atom. The maximum Gasteiger partial charge on any atom is 0.256 e. The number of fused-ring (bicyclic) bond motifs is 1. The largest absolute Gasteiger partial charge is 0.508 e. The standard InChI is InChI=1S/C16H13N3O2/c17-13-9-10(20)5-6-15(13)19-16(21)12-7-8-18-14-4-2-1-3-11(12)14/h1-9,20H,17H2,(H,19,21). The minimum atomic E-state index is -0.272. The van der Waals surface area contributed by atoms with Crippen molar-refractivity contribution in [2.75, 3.05) is 11.1 Å². The summed E-state index contributed by atoms with van der Waals surface area (Å²) in [4.78, 5) is 16.6. The summed E-state index contributed by atoms with van der Waals surface area (Å²) < 4.78 is 0. The molecular weight excluding hydrogens is 266 g/mol. The second kappa shape index (κ2) is 5.13. The number of amides is 1. The van der Waals surface area contributed by atoms with E-state index in [1.807, 2.05) is 24.3 Å². The predicted octanol–water partition coefficient (Wildman–Crippen LogP) is 2.77. The number of para-hydroxylation sites is 1. The van der Waals surface area contributed by atoms with E-state index in [1.165, 1.54) is 12.1 Å². The lowest BCUT2D eigenvalue weighted by Crippen LogP contribution is -2.13. The van der Waals surface area contributed by atoms with Gasteiger partial charge in [-0.15, -0.1) is 0 Å². The van der Waals surface area contributed by atoms with Gasteiger partial charge >= 0.3 is 0 Å². The molecule has 0 saturated carbocycles. The number of rotatable bonds is 2. The zero-order valence-corrected chi connectivity index (χ0v) is 11.1. The Hall–Kier alpha value is -3.08. The number of phenolic OH excluding ortho intramolecular Hbond substituents is 1. The minimum Gasteiger partial charge on any atom is -0.508 e. The Labute approximate surface area is 121 Å². The van der Waals surface area contributed by atoms with E-state index in [0.717, 1.165) is 10.9 Å². The van der Waals surface area contributed by atoms with Crippen molar-refractivity contribution in [3.63, 3.8) is 0 Å². The number of nitrogens with two attached hydrogens (primary N) is 1. The summed E-state index contributed by atoms with van der Waals surface area (Å²) in [7, 11) is 0. The third-order valence-electron chi connectivity index (χ3n) is 3.18. The predicted molar refractivity (Wildman–Crippen MR) is 82.2 cm³/mol. The molecule has 0 aliphatic heterocycles. The van der Waals surface area contributed by atoms with E-state index in [-0.39, 0.29) is 11.7 Å². The van der Waals surface area contributed by atoms with E-state index in [2.05, 4.69) is 10.3 Å². The van der Waals surface area contributed by atoms with Crippen LogP contribution in [0.2, 0.25) is 0 Å². The Morgan fingerprint density at radius 1 is 1.14 bits per heavy atom. The molecule has 1 aromatic heterocycles. The number of benzene rings is 2. The fourth-order valence-corrected chi connectivity index (χ4v) is 2.15. The van der Waals surface area contributed by atoms with Crippen LogP contribution in [0.5, 0.6) is 5.75 Å². The van der Waals surface area contributed by atoms with Gasteiger partial charge in [0, 0.05) is 17.6 Å². The van der Waals surface area contributed by atoms with Gasteiger partial charge in [-0.05, 0) is 24.3 Å². The number of carbonyl (C=O) groups excluding carboxylic acids is 1. The number of hydrogen-bond acceptors (Lipinski definition) is 4. The van der Waals surface area contributed by atoms with Crippen LogP contribution in [0.3, 0.4) is 0 Å². The van der Waals surface area contributed by atoms with Crippen LogP contribution in [0.1, 0.15) is 10.4 Å². The lowest BCUT2D eigenvalue weighted by atomic mass is 10.1. The first-order valence-corrected chi connectivity index (χ1v) is 6.39. The van der Waals surface area contributed by atoms with Gasteiger partial charge < -0.3 is 16.2 Å². The highest BCUT2D eigenvalue weighted by atomic mass is 16.3. The Kier molecular flexibility index (Phi) is 3.16. The van der Waals surface area contributed by atoms with E-state index in [0.29, 0.717) is 16.9 Å². The van der Waals surface area contributed by atoms with Crippen molar-refractivity contribution in [2.45, 2.75) is 0 Å². The van der Waals surface area contributed by atoms with Crippen LogP contribution >= 0.6 is 0 Å². The summed E-state index contributed by atoms with van der Waals surface area (Å²) in [5.41, 5.74) is 7.81. The van der Waals surface area contributed by atoms with Crippen LogP contribution in [0.4, 0.5) is 11.4 Å². The fraction of sp³-hybridized carbons (Fsp3) is 0. The maximum absolute atomic E-state index is 12.4. The molecule has 0 saturated heterocycles. The number of hydrogen-bond donors (Lipinski definition) is 3. The topological polar surface area (TPSA) is 88.2 Å². The van der Waals surface area contributed by atoms with Gasteiger partial charge in [-0.1, -0.05) is 18.2 Å². The second-order valence-corrected chi connectivity index (χ2v) is 4.60. The van der Waals surface area contributed by atoms with Crippen molar-refractivity contribution < 1.29 is 9.90 Å². The zero-order chi connectivity index (χ0) is 14.8. The molecule has 104 valence electrons. The van der Waals surface area contributed by atoms with Crippen LogP contribution < -0.4 is 11.1 Å². The zero-order valence-electron chi connectivity index (χ0n) is 11.1. The van der Waals surface area contributed by atoms with Crippen LogP contribution in [0, 0.1) is 0 Å². The van der Waals surface area contributed by atoms with Gasteiger partial charge in [0.1, 0.15) is 5.75 Å². The third kappa shape index (κ3) is 2.49. The number of aromatic hydroxyl groups is 1. The molecule has 0 bridgehead atoms. The fourth-order valence-electron chi connectivity index (χ4n) is 2.15. The van der Waals surface area contributed by atoms with Crippen molar-refractivity contribution in [3.05, 3.63) is 60.3 Å². The number of nitrogens with one attached hydrogen (secondary N) is 1. The van der Waals surface area contributed by atoms with Crippen LogP contribution in [0.25, 0.3) is 10.9 Å². The normalized spacial score (nSPS) is 10.5. The smallest absolute Gasteiger partial charge is 0.256 e. The number of pyridine rings is 1. The lowest BCUT2D eigenvalue weighted by molar-refractivity contribution is 0.102. The summed E-state index contributed by atoms with van der Waals surface area (Å²) in [6, 6.07) is 13.5. The Morgan fingerprint density at radius 3 is 2.76 bits per heavy atom. The number of nitrogen functional groups attached to an aromatic ring is 1. The molecular formula is C16H13N3O2. The van der Waals surface area contributed by atoms with Gasteiger partial charge in [-0.25, -0.2) is 0 Å². The third-order valence-corrected chi connectivity index (χ3v) is 3.18. The van der Waals surface area contributed by atoms with Gasteiger partial charge in [0.2, 0.25) is 0 Å². The number of aromatic nitrogens is 1. The molecule has 3 aromatic rings. The van der Waals surface area contributed by atoms with Crippen LogP contribution in [0.15, 0.2) is 54.7 Å². The van der Waals surface area contributed by atoms with Gasteiger partial charge in [-0.3, -0.25) is 9.78 Å². The first-order chi connectivity index (χ1) is 10.1. The molecule has 1 amide bonds. The van der Waals surface area contributed by atoms with E-state index < -0.39 is 0 Å². The molecule has 5 nitrogen and oxygen atoms in total.